The summed E-state index contributed by atoms with van der Waals surface area (Å²) < 4.78 is 39.7. The molecule has 0 unspecified atom stereocenters. The molecule has 0 bridgehead atoms. The first-order valence-corrected chi connectivity index (χ1v) is 9.95. The van der Waals surface area contributed by atoms with Crippen LogP contribution < -0.4 is 28.4 Å². The SMILES string of the molecule is COc1cc([C@H]2O[C@H](c3cc(OC)c4c(c3)OCO4)[C@@H](C)[C@@H]2C)cc(OC)c1OC. The first kappa shape index (κ1) is 20.5. The molecular weight excluding hydrogens is 388 g/mol. The van der Waals surface area contributed by atoms with Crippen LogP contribution in [0.15, 0.2) is 24.3 Å². The van der Waals surface area contributed by atoms with Gasteiger partial charge in [-0.25, -0.2) is 0 Å². The fourth-order valence-corrected chi connectivity index (χ4v) is 4.30. The van der Waals surface area contributed by atoms with Gasteiger partial charge in [0.05, 0.1) is 40.6 Å². The van der Waals surface area contributed by atoms with Crippen molar-refractivity contribution in [3.05, 3.63) is 35.4 Å². The van der Waals surface area contributed by atoms with E-state index in [2.05, 4.69) is 13.8 Å². The van der Waals surface area contributed by atoms with E-state index in [1.165, 1.54) is 0 Å². The minimum atomic E-state index is -0.130. The molecule has 0 spiro atoms. The molecule has 2 aromatic carbocycles. The van der Waals surface area contributed by atoms with Crippen LogP contribution in [0.3, 0.4) is 0 Å². The molecule has 30 heavy (non-hydrogen) atoms. The van der Waals surface area contributed by atoms with Crippen LogP contribution in [-0.2, 0) is 4.74 Å². The highest BCUT2D eigenvalue weighted by molar-refractivity contribution is 5.56. The van der Waals surface area contributed by atoms with Gasteiger partial charge in [-0.3, -0.25) is 0 Å². The standard InChI is InChI=1S/C23H28O7/c1-12-13(2)21(15-9-18(26-5)23-19(10-15)28-11-29-23)30-20(12)14-7-16(24-3)22(27-6)17(8-14)25-4/h7-10,12-13,20-21H,11H2,1-6H3/t12-,13-,20-,21-/m0/s1. The summed E-state index contributed by atoms with van der Waals surface area (Å²) in [5, 5.41) is 0. The Morgan fingerprint density at radius 2 is 1.23 bits per heavy atom. The van der Waals surface area contributed by atoms with E-state index >= 15 is 0 Å². The van der Waals surface area contributed by atoms with Gasteiger partial charge in [-0.05, 0) is 47.2 Å². The molecule has 0 amide bonds. The summed E-state index contributed by atoms with van der Waals surface area (Å²) in [5.41, 5.74) is 1.99. The number of hydrogen-bond acceptors (Lipinski definition) is 7. The fraction of sp³-hybridized carbons (Fsp3) is 0.478. The molecule has 2 heterocycles. The van der Waals surface area contributed by atoms with Gasteiger partial charge in [-0.2, -0.15) is 0 Å². The molecule has 0 aliphatic carbocycles. The monoisotopic (exact) mass is 416 g/mol. The van der Waals surface area contributed by atoms with Crippen molar-refractivity contribution in [3.63, 3.8) is 0 Å². The van der Waals surface area contributed by atoms with Crippen molar-refractivity contribution in [2.45, 2.75) is 26.1 Å². The van der Waals surface area contributed by atoms with Gasteiger partial charge in [0.25, 0.3) is 0 Å². The largest absolute Gasteiger partial charge is 0.493 e. The van der Waals surface area contributed by atoms with E-state index in [1.807, 2.05) is 24.3 Å². The normalized spacial score (nSPS) is 24.6. The van der Waals surface area contributed by atoms with Crippen LogP contribution in [0, 0.1) is 11.8 Å². The van der Waals surface area contributed by atoms with Crippen LogP contribution in [0.4, 0.5) is 0 Å². The molecule has 2 aliphatic rings. The molecular formula is C23H28O7. The summed E-state index contributed by atoms with van der Waals surface area (Å²) in [6.07, 6.45) is -0.248. The van der Waals surface area contributed by atoms with Gasteiger partial charge in [0.15, 0.2) is 23.0 Å². The van der Waals surface area contributed by atoms with E-state index in [0.717, 1.165) is 11.1 Å². The molecule has 4 atom stereocenters. The van der Waals surface area contributed by atoms with Gasteiger partial charge in [0.2, 0.25) is 18.3 Å². The topological polar surface area (TPSA) is 64.6 Å². The van der Waals surface area contributed by atoms with Crippen molar-refractivity contribution < 1.29 is 33.2 Å². The number of rotatable bonds is 6. The number of methoxy groups -OCH3 is 4. The summed E-state index contributed by atoms with van der Waals surface area (Å²) in [6, 6.07) is 7.87. The van der Waals surface area contributed by atoms with E-state index in [4.69, 9.17) is 33.2 Å². The zero-order valence-corrected chi connectivity index (χ0v) is 18.2. The Bertz CT molecular complexity index is 901. The van der Waals surface area contributed by atoms with Gasteiger partial charge < -0.3 is 33.2 Å². The highest BCUT2D eigenvalue weighted by atomic mass is 16.7. The third kappa shape index (κ3) is 3.27. The molecule has 7 heteroatoms. The maximum Gasteiger partial charge on any atom is 0.231 e. The van der Waals surface area contributed by atoms with E-state index in [1.54, 1.807) is 28.4 Å². The molecule has 0 N–H and O–H groups in total. The maximum atomic E-state index is 6.59. The Labute approximate surface area is 176 Å². The first-order valence-electron chi connectivity index (χ1n) is 9.95. The van der Waals surface area contributed by atoms with E-state index < -0.39 is 0 Å². The van der Waals surface area contributed by atoms with Gasteiger partial charge in [-0.1, -0.05) is 13.8 Å². The van der Waals surface area contributed by atoms with Crippen molar-refractivity contribution in [1.29, 1.82) is 0 Å². The van der Waals surface area contributed by atoms with E-state index in [0.29, 0.717) is 34.5 Å². The first-order chi connectivity index (χ1) is 14.5. The van der Waals surface area contributed by atoms with Crippen molar-refractivity contribution in [2.24, 2.45) is 11.8 Å². The van der Waals surface area contributed by atoms with Gasteiger partial charge in [0, 0.05) is 0 Å². The summed E-state index contributed by atoms with van der Waals surface area (Å²) in [5.74, 6) is 4.30. The average Bonchev–Trinajstić information content (AvgIpc) is 3.36. The van der Waals surface area contributed by atoms with Gasteiger partial charge >= 0.3 is 0 Å². The second-order valence-electron chi connectivity index (χ2n) is 7.61. The molecule has 4 rings (SSSR count). The van der Waals surface area contributed by atoms with Gasteiger partial charge in [-0.15, -0.1) is 0 Å². The molecule has 162 valence electrons. The summed E-state index contributed by atoms with van der Waals surface area (Å²) >= 11 is 0. The summed E-state index contributed by atoms with van der Waals surface area (Å²) in [6.45, 7) is 4.59. The van der Waals surface area contributed by atoms with Crippen LogP contribution in [0.1, 0.15) is 37.2 Å². The molecule has 1 saturated heterocycles. The molecule has 0 radical (unpaired) electrons. The minimum Gasteiger partial charge on any atom is -0.493 e. The Hall–Kier alpha value is -2.80. The number of hydrogen-bond donors (Lipinski definition) is 0. The zero-order chi connectivity index (χ0) is 21.4. The lowest BCUT2D eigenvalue weighted by molar-refractivity contribution is 0.0286. The van der Waals surface area contributed by atoms with Crippen LogP contribution in [-0.4, -0.2) is 35.2 Å². The second-order valence-corrected chi connectivity index (χ2v) is 7.61. The van der Waals surface area contributed by atoms with E-state index in [-0.39, 0.29) is 30.8 Å². The van der Waals surface area contributed by atoms with E-state index in [9.17, 15) is 0 Å². The lowest BCUT2D eigenvalue weighted by atomic mass is 9.85. The number of ether oxygens (including phenoxy) is 7. The summed E-state index contributed by atoms with van der Waals surface area (Å²) in [7, 11) is 6.45. The zero-order valence-electron chi connectivity index (χ0n) is 18.2. The fourth-order valence-electron chi connectivity index (χ4n) is 4.30. The quantitative estimate of drug-likeness (QED) is 0.685. The highest BCUT2D eigenvalue weighted by Gasteiger charge is 2.42. The molecule has 1 fully saturated rings. The van der Waals surface area contributed by atoms with Crippen molar-refractivity contribution in [3.8, 4) is 34.5 Å². The van der Waals surface area contributed by atoms with Gasteiger partial charge in [0.1, 0.15) is 0 Å². The third-order valence-electron chi connectivity index (χ3n) is 6.10. The Balaban J connectivity index is 1.69. The number of fused-ring (bicyclic) bond motifs is 1. The highest BCUT2D eigenvalue weighted by Crippen LogP contribution is 2.53. The molecule has 2 aliphatic heterocycles. The third-order valence-corrected chi connectivity index (χ3v) is 6.10. The van der Waals surface area contributed by atoms with Crippen molar-refractivity contribution in [1.82, 2.24) is 0 Å². The lowest BCUT2D eigenvalue weighted by Gasteiger charge is -2.20. The van der Waals surface area contributed by atoms with Crippen molar-refractivity contribution >= 4 is 0 Å². The Morgan fingerprint density at radius 1 is 0.700 bits per heavy atom. The predicted molar refractivity (Wildman–Crippen MR) is 110 cm³/mol. The maximum absolute atomic E-state index is 6.59. The summed E-state index contributed by atoms with van der Waals surface area (Å²) in [4.78, 5) is 0. The minimum absolute atomic E-state index is 0.118. The van der Waals surface area contributed by atoms with Crippen molar-refractivity contribution in [2.75, 3.05) is 35.2 Å². The average molecular weight is 416 g/mol. The molecule has 2 aromatic rings. The van der Waals surface area contributed by atoms with Crippen LogP contribution >= 0.6 is 0 Å². The predicted octanol–water partition coefficient (Wildman–Crippen LogP) is 4.53. The molecule has 7 nitrogen and oxygen atoms in total. The Kier molecular flexibility index (Phi) is 5.56. The Morgan fingerprint density at radius 3 is 1.77 bits per heavy atom. The smallest absolute Gasteiger partial charge is 0.231 e. The molecule has 0 aromatic heterocycles. The van der Waals surface area contributed by atoms with Crippen LogP contribution in [0.5, 0.6) is 34.5 Å². The molecule has 0 saturated carbocycles. The van der Waals surface area contributed by atoms with Crippen LogP contribution in [0.25, 0.3) is 0 Å². The second kappa shape index (κ2) is 8.14. The van der Waals surface area contributed by atoms with Crippen LogP contribution in [0.2, 0.25) is 0 Å². The lowest BCUT2D eigenvalue weighted by Crippen LogP contribution is -2.10. The number of benzene rings is 2.